The van der Waals surface area contributed by atoms with Crippen LogP contribution in [0.1, 0.15) is 19.3 Å². The van der Waals surface area contributed by atoms with Gasteiger partial charge in [-0.15, -0.1) is 0 Å². The molecule has 14 heavy (non-hydrogen) atoms. The van der Waals surface area contributed by atoms with Crippen LogP contribution in [0.4, 0.5) is 0 Å². The number of amides is 1. The Labute approximate surface area is 84.6 Å². The van der Waals surface area contributed by atoms with Crippen molar-refractivity contribution in [3.05, 3.63) is 0 Å². The van der Waals surface area contributed by atoms with Gasteiger partial charge >= 0.3 is 0 Å². The number of hydrogen-bond acceptors (Lipinski definition) is 2. The lowest BCUT2D eigenvalue weighted by Gasteiger charge is -2.31. The number of hydrogen-bond donors (Lipinski definition) is 0. The standard InChI is InChI=1S/C10H17N2O2/c13-10(9-3-1-2-4-11-9)12-5-7-14-8-6-12/h9H,1-8H2. The van der Waals surface area contributed by atoms with Crippen molar-refractivity contribution < 1.29 is 9.53 Å². The molecular weight excluding hydrogens is 180 g/mol. The van der Waals surface area contributed by atoms with Gasteiger partial charge in [0.15, 0.2) is 0 Å². The van der Waals surface area contributed by atoms with E-state index in [1.165, 1.54) is 0 Å². The summed E-state index contributed by atoms with van der Waals surface area (Å²) in [4.78, 5) is 13.8. The molecule has 2 heterocycles. The summed E-state index contributed by atoms with van der Waals surface area (Å²) in [6, 6.07) is -0.0538. The SMILES string of the molecule is O=C(C1CCCC[N]1)N1CCOCC1. The summed E-state index contributed by atoms with van der Waals surface area (Å²) in [5, 5.41) is 4.37. The summed E-state index contributed by atoms with van der Waals surface area (Å²) < 4.78 is 5.21. The highest BCUT2D eigenvalue weighted by Crippen LogP contribution is 2.12. The first-order valence-electron chi connectivity index (χ1n) is 5.41. The molecule has 0 aromatic rings. The van der Waals surface area contributed by atoms with E-state index in [0.29, 0.717) is 13.2 Å². The van der Waals surface area contributed by atoms with E-state index in [2.05, 4.69) is 5.32 Å². The van der Waals surface area contributed by atoms with Gasteiger partial charge < -0.3 is 9.64 Å². The lowest BCUT2D eigenvalue weighted by Crippen LogP contribution is -2.49. The van der Waals surface area contributed by atoms with Crippen LogP contribution in [0.3, 0.4) is 0 Å². The Balaban J connectivity index is 1.85. The van der Waals surface area contributed by atoms with Gasteiger partial charge in [0.2, 0.25) is 5.91 Å². The molecule has 0 aromatic carbocycles. The van der Waals surface area contributed by atoms with Crippen molar-refractivity contribution in [2.45, 2.75) is 25.3 Å². The normalized spacial score (nSPS) is 28.9. The number of carbonyl (C=O) groups excluding carboxylic acids is 1. The minimum atomic E-state index is -0.0538. The van der Waals surface area contributed by atoms with Crippen LogP contribution in [-0.2, 0) is 9.53 Å². The quantitative estimate of drug-likeness (QED) is 0.594. The maximum atomic E-state index is 11.9. The maximum Gasteiger partial charge on any atom is 0.241 e. The van der Waals surface area contributed by atoms with Crippen molar-refractivity contribution in [3.8, 4) is 0 Å². The highest BCUT2D eigenvalue weighted by atomic mass is 16.5. The monoisotopic (exact) mass is 197 g/mol. The van der Waals surface area contributed by atoms with Gasteiger partial charge in [0.05, 0.1) is 13.2 Å². The second-order valence-corrected chi connectivity index (χ2v) is 3.86. The maximum absolute atomic E-state index is 11.9. The fourth-order valence-electron chi connectivity index (χ4n) is 1.98. The lowest BCUT2D eigenvalue weighted by atomic mass is 10.0. The van der Waals surface area contributed by atoms with E-state index in [0.717, 1.165) is 38.9 Å². The third kappa shape index (κ3) is 2.25. The molecule has 4 nitrogen and oxygen atoms in total. The highest BCUT2D eigenvalue weighted by molar-refractivity contribution is 5.82. The predicted molar refractivity (Wildman–Crippen MR) is 52.0 cm³/mol. The molecule has 1 radical (unpaired) electrons. The first kappa shape index (κ1) is 9.93. The molecule has 1 amide bonds. The third-order valence-corrected chi connectivity index (χ3v) is 2.84. The second-order valence-electron chi connectivity index (χ2n) is 3.86. The lowest BCUT2D eigenvalue weighted by molar-refractivity contribution is -0.138. The van der Waals surface area contributed by atoms with Gasteiger partial charge in [-0.2, -0.15) is 0 Å². The number of nitrogens with zero attached hydrogens (tertiary/aromatic N) is 2. The minimum absolute atomic E-state index is 0.0538. The molecule has 4 heteroatoms. The largest absolute Gasteiger partial charge is 0.378 e. The zero-order chi connectivity index (χ0) is 9.80. The van der Waals surface area contributed by atoms with Crippen molar-refractivity contribution in [1.29, 1.82) is 0 Å². The van der Waals surface area contributed by atoms with Crippen molar-refractivity contribution in [2.75, 3.05) is 32.8 Å². The molecule has 0 aromatic heterocycles. The van der Waals surface area contributed by atoms with Crippen molar-refractivity contribution in [3.63, 3.8) is 0 Å². The molecule has 0 saturated carbocycles. The van der Waals surface area contributed by atoms with E-state index in [4.69, 9.17) is 4.74 Å². The molecule has 2 rings (SSSR count). The average Bonchev–Trinajstić information content (AvgIpc) is 2.30. The Morgan fingerprint density at radius 2 is 2.07 bits per heavy atom. The zero-order valence-electron chi connectivity index (χ0n) is 8.45. The van der Waals surface area contributed by atoms with Gasteiger partial charge in [0.1, 0.15) is 6.04 Å². The molecule has 1 unspecified atom stereocenters. The van der Waals surface area contributed by atoms with Crippen LogP contribution in [0.25, 0.3) is 0 Å². The molecule has 79 valence electrons. The Morgan fingerprint density at radius 3 is 2.71 bits per heavy atom. The van der Waals surface area contributed by atoms with Gasteiger partial charge in [-0.25, -0.2) is 5.32 Å². The smallest absolute Gasteiger partial charge is 0.241 e. The van der Waals surface area contributed by atoms with Crippen LogP contribution < -0.4 is 5.32 Å². The number of ether oxygens (including phenoxy) is 1. The van der Waals surface area contributed by atoms with Crippen LogP contribution in [0.5, 0.6) is 0 Å². The molecule has 0 bridgehead atoms. The summed E-state index contributed by atoms with van der Waals surface area (Å²) in [7, 11) is 0. The number of morpholine rings is 1. The summed E-state index contributed by atoms with van der Waals surface area (Å²) in [6.07, 6.45) is 3.23. The third-order valence-electron chi connectivity index (χ3n) is 2.84. The van der Waals surface area contributed by atoms with Crippen molar-refractivity contribution in [2.24, 2.45) is 0 Å². The van der Waals surface area contributed by atoms with E-state index in [9.17, 15) is 4.79 Å². The van der Waals surface area contributed by atoms with Crippen LogP contribution in [0.15, 0.2) is 0 Å². The zero-order valence-corrected chi connectivity index (χ0v) is 8.45. The molecule has 0 N–H and O–H groups in total. The fourth-order valence-corrected chi connectivity index (χ4v) is 1.98. The first-order valence-corrected chi connectivity index (χ1v) is 5.41. The molecule has 2 saturated heterocycles. The van der Waals surface area contributed by atoms with E-state index in [-0.39, 0.29) is 11.9 Å². The predicted octanol–water partition coefficient (Wildman–Crippen LogP) is 0.00210. The van der Waals surface area contributed by atoms with Crippen LogP contribution in [0.2, 0.25) is 0 Å². The van der Waals surface area contributed by atoms with Crippen LogP contribution in [-0.4, -0.2) is 49.7 Å². The Morgan fingerprint density at radius 1 is 1.29 bits per heavy atom. The second kappa shape index (κ2) is 4.75. The van der Waals surface area contributed by atoms with Gasteiger partial charge in [0, 0.05) is 19.6 Å². The number of rotatable bonds is 1. The summed E-state index contributed by atoms with van der Waals surface area (Å²) in [5.74, 6) is 0.216. The first-order chi connectivity index (χ1) is 6.88. The molecule has 0 spiro atoms. The van der Waals surface area contributed by atoms with Crippen molar-refractivity contribution in [1.82, 2.24) is 10.2 Å². The Bertz CT molecular complexity index is 176. The van der Waals surface area contributed by atoms with Gasteiger partial charge in [-0.05, 0) is 19.3 Å². The summed E-state index contributed by atoms with van der Waals surface area (Å²) >= 11 is 0. The molecule has 1 atom stereocenters. The molecule has 2 aliphatic rings. The average molecular weight is 197 g/mol. The highest BCUT2D eigenvalue weighted by Gasteiger charge is 2.27. The summed E-state index contributed by atoms with van der Waals surface area (Å²) in [6.45, 7) is 3.70. The van der Waals surface area contributed by atoms with E-state index < -0.39 is 0 Å². The topological polar surface area (TPSA) is 43.6 Å². The van der Waals surface area contributed by atoms with E-state index in [1.54, 1.807) is 0 Å². The van der Waals surface area contributed by atoms with Gasteiger partial charge in [-0.3, -0.25) is 4.79 Å². The molecule has 2 aliphatic heterocycles. The van der Waals surface area contributed by atoms with E-state index >= 15 is 0 Å². The fraction of sp³-hybridized carbons (Fsp3) is 0.900. The van der Waals surface area contributed by atoms with Gasteiger partial charge in [0.25, 0.3) is 0 Å². The molecule has 2 fully saturated rings. The van der Waals surface area contributed by atoms with Crippen molar-refractivity contribution >= 4 is 5.91 Å². The van der Waals surface area contributed by atoms with Crippen LogP contribution in [0, 0.1) is 0 Å². The minimum Gasteiger partial charge on any atom is -0.378 e. The van der Waals surface area contributed by atoms with E-state index in [1.807, 2.05) is 4.90 Å². The van der Waals surface area contributed by atoms with Crippen LogP contribution >= 0.6 is 0 Å². The molecular formula is C10H17N2O2. The number of piperidine rings is 1. The Kier molecular flexibility index (Phi) is 3.37. The Hall–Kier alpha value is -0.610. The molecule has 0 aliphatic carbocycles. The number of carbonyl (C=O) groups is 1. The summed E-state index contributed by atoms with van der Waals surface area (Å²) in [5.41, 5.74) is 0. The van der Waals surface area contributed by atoms with Gasteiger partial charge in [-0.1, -0.05) is 0 Å².